The molecule has 5 heteroatoms. The van der Waals surface area contributed by atoms with Gasteiger partial charge in [0.05, 0.1) is 6.54 Å². The van der Waals surface area contributed by atoms with Crippen LogP contribution >= 0.6 is 0 Å². The normalized spacial score (nSPS) is 10.7. The molecule has 0 saturated heterocycles. The number of carbonyl (C=O) groups is 1. The molecule has 0 aliphatic rings. The maximum absolute atomic E-state index is 11.9. The molecule has 19 heavy (non-hydrogen) atoms. The molecule has 1 aromatic heterocycles. The van der Waals surface area contributed by atoms with Crippen LogP contribution in [-0.2, 0) is 11.2 Å². The fourth-order valence-electron chi connectivity index (χ4n) is 1.75. The Balaban J connectivity index is 2.26. The minimum Gasteiger partial charge on any atom is -0.345 e. The predicted octanol–water partition coefficient (Wildman–Crippen LogP) is 0.363. The summed E-state index contributed by atoms with van der Waals surface area (Å²) in [4.78, 5) is 19.7. The first-order valence-electron chi connectivity index (χ1n) is 6.65. The van der Waals surface area contributed by atoms with Crippen molar-refractivity contribution in [2.24, 2.45) is 5.73 Å². The number of nitrogens with zero attached hydrogens (tertiary/aromatic N) is 3. The van der Waals surface area contributed by atoms with Crippen LogP contribution in [0.5, 0.6) is 0 Å². The van der Waals surface area contributed by atoms with E-state index in [2.05, 4.69) is 4.98 Å². The Morgan fingerprint density at radius 3 is 2.58 bits per heavy atom. The van der Waals surface area contributed by atoms with E-state index >= 15 is 0 Å². The molecule has 0 aromatic carbocycles. The Bertz CT molecular complexity index is 369. The molecule has 0 bridgehead atoms. The van der Waals surface area contributed by atoms with E-state index in [1.165, 1.54) is 5.56 Å². The summed E-state index contributed by atoms with van der Waals surface area (Å²) in [5.41, 5.74) is 6.68. The van der Waals surface area contributed by atoms with E-state index in [4.69, 9.17) is 5.73 Å². The van der Waals surface area contributed by atoms with Crippen molar-refractivity contribution in [2.45, 2.75) is 12.8 Å². The maximum atomic E-state index is 11.9. The Kier molecular flexibility index (Phi) is 7.07. The average molecular weight is 264 g/mol. The van der Waals surface area contributed by atoms with Crippen molar-refractivity contribution in [3.8, 4) is 0 Å². The van der Waals surface area contributed by atoms with Gasteiger partial charge >= 0.3 is 0 Å². The lowest BCUT2D eigenvalue weighted by Crippen LogP contribution is -2.38. The summed E-state index contributed by atoms with van der Waals surface area (Å²) in [5, 5.41) is 0. The molecule has 0 atom stereocenters. The van der Waals surface area contributed by atoms with Crippen molar-refractivity contribution in [3.63, 3.8) is 0 Å². The van der Waals surface area contributed by atoms with Crippen LogP contribution in [-0.4, -0.2) is 61.0 Å². The second-order valence-corrected chi connectivity index (χ2v) is 4.80. The van der Waals surface area contributed by atoms with E-state index in [0.717, 1.165) is 25.9 Å². The smallest absolute Gasteiger partial charge is 0.236 e. The molecule has 1 heterocycles. The van der Waals surface area contributed by atoms with E-state index in [-0.39, 0.29) is 5.91 Å². The van der Waals surface area contributed by atoms with E-state index in [1.807, 2.05) is 31.1 Å². The highest BCUT2D eigenvalue weighted by Gasteiger charge is 2.10. The third-order valence-corrected chi connectivity index (χ3v) is 3.06. The molecule has 0 saturated carbocycles. The van der Waals surface area contributed by atoms with E-state index in [1.54, 1.807) is 17.3 Å². The maximum Gasteiger partial charge on any atom is 0.236 e. The number of nitrogens with two attached hydrogens (primary N) is 1. The largest absolute Gasteiger partial charge is 0.345 e. The van der Waals surface area contributed by atoms with Gasteiger partial charge in [-0.2, -0.15) is 0 Å². The zero-order valence-corrected chi connectivity index (χ0v) is 11.9. The fraction of sp³-hybridized carbons (Fsp3) is 0.571. The van der Waals surface area contributed by atoms with Crippen molar-refractivity contribution in [1.82, 2.24) is 14.8 Å². The predicted molar refractivity (Wildman–Crippen MR) is 76.7 cm³/mol. The quantitative estimate of drug-likeness (QED) is 0.736. The van der Waals surface area contributed by atoms with Gasteiger partial charge < -0.3 is 10.6 Å². The molecule has 1 amide bonds. The summed E-state index contributed by atoms with van der Waals surface area (Å²) < 4.78 is 0. The van der Waals surface area contributed by atoms with Crippen LogP contribution in [0.15, 0.2) is 24.5 Å². The summed E-state index contributed by atoms with van der Waals surface area (Å²) in [7, 11) is 3.80. The lowest BCUT2D eigenvalue weighted by molar-refractivity contribution is -0.130. The second-order valence-electron chi connectivity index (χ2n) is 4.80. The van der Waals surface area contributed by atoms with Gasteiger partial charge in [-0.3, -0.25) is 14.7 Å². The zero-order valence-electron chi connectivity index (χ0n) is 11.9. The Labute approximate surface area is 115 Å². The first kappa shape index (κ1) is 15.6. The fourth-order valence-corrected chi connectivity index (χ4v) is 1.75. The molecule has 0 radical (unpaired) electrons. The van der Waals surface area contributed by atoms with E-state index in [0.29, 0.717) is 13.1 Å². The highest BCUT2D eigenvalue weighted by Crippen LogP contribution is 1.99. The van der Waals surface area contributed by atoms with Crippen LogP contribution in [0.4, 0.5) is 0 Å². The van der Waals surface area contributed by atoms with Gasteiger partial charge in [-0.05, 0) is 44.1 Å². The molecule has 0 unspecified atom stereocenters. The third-order valence-electron chi connectivity index (χ3n) is 3.06. The highest BCUT2D eigenvalue weighted by molar-refractivity contribution is 5.77. The SMILES string of the molecule is CN(CCc1ccncc1)CC(=O)N(C)CCCN. The van der Waals surface area contributed by atoms with Crippen molar-refractivity contribution in [1.29, 1.82) is 0 Å². The van der Waals surface area contributed by atoms with Gasteiger partial charge in [-0.1, -0.05) is 0 Å². The molecule has 0 aliphatic carbocycles. The Morgan fingerprint density at radius 1 is 1.26 bits per heavy atom. The number of rotatable bonds is 8. The van der Waals surface area contributed by atoms with Crippen molar-refractivity contribution < 1.29 is 4.79 Å². The number of likely N-dealkylation sites (N-methyl/N-ethyl adjacent to an activating group) is 2. The van der Waals surface area contributed by atoms with E-state index in [9.17, 15) is 4.79 Å². The minimum atomic E-state index is 0.144. The summed E-state index contributed by atoms with van der Waals surface area (Å²) in [6.45, 7) is 2.66. The number of carbonyl (C=O) groups excluding carboxylic acids is 1. The second kappa shape index (κ2) is 8.61. The first-order valence-corrected chi connectivity index (χ1v) is 6.65. The van der Waals surface area contributed by atoms with Crippen LogP contribution in [0.2, 0.25) is 0 Å². The van der Waals surface area contributed by atoms with Crippen LogP contribution in [0, 0.1) is 0 Å². The molecule has 1 rings (SSSR count). The number of amides is 1. The molecular weight excluding hydrogens is 240 g/mol. The van der Waals surface area contributed by atoms with Crippen LogP contribution < -0.4 is 5.73 Å². The summed E-state index contributed by atoms with van der Waals surface area (Å²) in [5.74, 6) is 0.144. The first-order chi connectivity index (χ1) is 9.13. The molecule has 0 spiro atoms. The van der Waals surface area contributed by atoms with Crippen LogP contribution in [0.3, 0.4) is 0 Å². The van der Waals surface area contributed by atoms with Crippen molar-refractivity contribution in [3.05, 3.63) is 30.1 Å². The zero-order chi connectivity index (χ0) is 14.1. The summed E-state index contributed by atoms with van der Waals surface area (Å²) in [6.07, 6.45) is 5.37. The van der Waals surface area contributed by atoms with Gasteiger partial charge in [0.1, 0.15) is 0 Å². The third kappa shape index (κ3) is 6.31. The molecule has 0 aliphatic heterocycles. The van der Waals surface area contributed by atoms with Gasteiger partial charge in [-0.25, -0.2) is 0 Å². The van der Waals surface area contributed by atoms with Crippen molar-refractivity contribution >= 4 is 5.91 Å². The van der Waals surface area contributed by atoms with Gasteiger partial charge in [0.15, 0.2) is 0 Å². The van der Waals surface area contributed by atoms with Crippen LogP contribution in [0.25, 0.3) is 0 Å². The Morgan fingerprint density at radius 2 is 1.95 bits per heavy atom. The number of hydrogen-bond acceptors (Lipinski definition) is 4. The lowest BCUT2D eigenvalue weighted by Gasteiger charge is -2.21. The molecule has 1 aromatic rings. The minimum absolute atomic E-state index is 0.144. The molecule has 2 N–H and O–H groups in total. The summed E-state index contributed by atoms with van der Waals surface area (Å²) in [6, 6.07) is 4.01. The lowest BCUT2D eigenvalue weighted by atomic mass is 10.2. The number of pyridine rings is 1. The standard InChI is InChI=1S/C14H24N4O/c1-17(11-6-13-4-8-16-9-5-13)12-14(19)18(2)10-3-7-15/h4-5,8-9H,3,6-7,10-12,15H2,1-2H3. The number of aromatic nitrogens is 1. The summed E-state index contributed by atoms with van der Waals surface area (Å²) >= 11 is 0. The van der Waals surface area contributed by atoms with Gasteiger partial charge in [0.25, 0.3) is 0 Å². The molecular formula is C14H24N4O. The van der Waals surface area contributed by atoms with E-state index < -0.39 is 0 Å². The topological polar surface area (TPSA) is 62.5 Å². The highest BCUT2D eigenvalue weighted by atomic mass is 16.2. The van der Waals surface area contributed by atoms with Crippen LogP contribution in [0.1, 0.15) is 12.0 Å². The number of hydrogen-bond donors (Lipinski definition) is 1. The van der Waals surface area contributed by atoms with Gasteiger partial charge in [-0.15, -0.1) is 0 Å². The molecule has 106 valence electrons. The van der Waals surface area contributed by atoms with Gasteiger partial charge in [0.2, 0.25) is 5.91 Å². The monoisotopic (exact) mass is 264 g/mol. The molecule has 5 nitrogen and oxygen atoms in total. The molecule has 0 fully saturated rings. The Hall–Kier alpha value is -1.46. The average Bonchev–Trinajstić information content (AvgIpc) is 2.43. The van der Waals surface area contributed by atoms with Gasteiger partial charge in [0, 0.05) is 32.5 Å². The van der Waals surface area contributed by atoms with Crippen molar-refractivity contribution in [2.75, 3.05) is 40.3 Å².